The number of methoxy groups -OCH3 is 2. The van der Waals surface area contributed by atoms with Crippen LogP contribution in [0.1, 0.15) is 84.9 Å². The molecule has 2 saturated carbocycles. The fraction of sp³-hybridized carbons (Fsp3) is 0.364. The van der Waals surface area contributed by atoms with Gasteiger partial charge in [0.05, 0.1) is 20.2 Å². The van der Waals surface area contributed by atoms with Crippen molar-refractivity contribution < 1.29 is 70.8 Å². The number of thiol groups is 1. The molecule has 2 aromatic carbocycles. The van der Waals surface area contributed by atoms with Gasteiger partial charge in [0.1, 0.15) is 0 Å². The molecule has 2 fully saturated rings. The van der Waals surface area contributed by atoms with E-state index in [4.69, 9.17) is 12.6 Å². The Morgan fingerprint density at radius 2 is 1.07 bits per heavy atom. The van der Waals surface area contributed by atoms with Crippen molar-refractivity contribution in [3.05, 3.63) is 97.7 Å². The third-order valence-corrected chi connectivity index (χ3v) is 10.1. The van der Waals surface area contributed by atoms with E-state index in [1.165, 1.54) is 70.0 Å². The largest absolute Gasteiger partial charge is 0.813 e. The number of carbonyl (C=O) groups is 4. The molecule has 2 aliphatic carbocycles. The van der Waals surface area contributed by atoms with Crippen LogP contribution in [0.3, 0.4) is 0 Å². The van der Waals surface area contributed by atoms with E-state index in [0.717, 1.165) is 49.5 Å². The number of thioether (sulfide) groups is 3. The van der Waals surface area contributed by atoms with E-state index in [9.17, 15) is 19.2 Å². The van der Waals surface area contributed by atoms with Crippen LogP contribution < -0.4 is 0 Å². The monoisotopic (exact) mass is 886 g/mol. The molecule has 0 bridgehead atoms. The van der Waals surface area contributed by atoms with Gasteiger partial charge in [0.15, 0.2) is 0 Å². The van der Waals surface area contributed by atoms with Gasteiger partial charge >= 0.3 is 0 Å². The molecule has 0 amide bonds. The summed E-state index contributed by atoms with van der Waals surface area (Å²) in [5, 5.41) is -0.599. The van der Waals surface area contributed by atoms with Crippen LogP contribution in [0, 0.1) is 11.8 Å². The van der Waals surface area contributed by atoms with Crippen LogP contribution in [0.4, 0.5) is 0 Å². The molecule has 252 valence electrons. The first-order chi connectivity index (χ1) is 20.8. The van der Waals surface area contributed by atoms with Crippen LogP contribution in [0.15, 0.2) is 74.7 Å². The van der Waals surface area contributed by atoms with Crippen molar-refractivity contribution >= 4 is 83.6 Å². The number of hydrogen-bond donors (Lipinski definition) is 0. The molecule has 2 aromatic rings. The van der Waals surface area contributed by atoms with E-state index in [1.54, 1.807) is 60.7 Å². The van der Waals surface area contributed by atoms with E-state index in [0.29, 0.717) is 11.1 Å². The van der Waals surface area contributed by atoms with Gasteiger partial charge in [0, 0.05) is 57.5 Å². The molecule has 0 aromatic heterocycles. The van der Waals surface area contributed by atoms with Crippen molar-refractivity contribution in [2.24, 2.45) is 0 Å². The number of ether oxygens (including phenoxy) is 2. The average Bonchev–Trinajstić information content (AvgIpc) is 3.83. The Morgan fingerprint density at radius 1 is 0.674 bits per heavy atom. The van der Waals surface area contributed by atoms with Gasteiger partial charge in [0.25, 0.3) is 0 Å². The minimum atomic E-state index is -0.877. The fourth-order valence-corrected chi connectivity index (χ4v) is 6.94. The molecule has 2 aliphatic rings. The van der Waals surface area contributed by atoms with Gasteiger partial charge < -0.3 is 40.4 Å². The van der Waals surface area contributed by atoms with Gasteiger partial charge in [-0.15, -0.1) is 4.24 Å². The Labute approximate surface area is 327 Å². The summed E-state index contributed by atoms with van der Waals surface area (Å²) in [4.78, 5) is 48.9. The van der Waals surface area contributed by atoms with Crippen LogP contribution in [0.25, 0.3) is 0 Å². The van der Waals surface area contributed by atoms with Gasteiger partial charge in [-0.3, -0.25) is 26.0 Å². The normalized spacial score (nSPS) is 13.7. The predicted molar refractivity (Wildman–Crippen MR) is 189 cm³/mol. The summed E-state index contributed by atoms with van der Waals surface area (Å²) in [6.45, 7) is 0. The SMILES string of the molecule is C1CCCC1.C1CCCC1.COC(=O)[C-]=C([CH-]S/C(SC(=O)c1ccccc1)=C(\[S-])SC(=O)c1ccccc1)C(=O)OC.[Mo].[Mo].[SH-]. The van der Waals surface area contributed by atoms with Gasteiger partial charge in [-0.2, -0.15) is 0 Å². The van der Waals surface area contributed by atoms with Crippen LogP contribution in [-0.4, -0.2) is 36.4 Å². The maximum absolute atomic E-state index is 12.7. The summed E-state index contributed by atoms with van der Waals surface area (Å²) in [6, 6.07) is 17.1. The maximum Gasteiger partial charge on any atom is 0.224 e. The molecule has 0 atom stereocenters. The summed E-state index contributed by atoms with van der Waals surface area (Å²) < 4.78 is 9.58. The van der Waals surface area contributed by atoms with E-state index < -0.39 is 11.9 Å². The van der Waals surface area contributed by atoms with E-state index in [-0.39, 0.29) is 79.9 Å². The predicted octanol–water partition coefficient (Wildman–Crippen LogP) is 8.40. The van der Waals surface area contributed by atoms with Crippen molar-refractivity contribution in [3.63, 3.8) is 0 Å². The van der Waals surface area contributed by atoms with Crippen molar-refractivity contribution in [3.8, 4) is 0 Å². The summed E-state index contributed by atoms with van der Waals surface area (Å²) in [6.07, 6.45) is 17.2. The quantitative estimate of drug-likeness (QED) is 0.0608. The second-order valence-electron chi connectivity index (χ2n) is 9.38. The molecular weight excluding hydrogens is 845 g/mol. The molecule has 0 heterocycles. The zero-order chi connectivity index (χ0) is 31.3. The number of carbonyl (C=O) groups excluding carboxylic acids is 4. The molecule has 0 spiro atoms. The topological polar surface area (TPSA) is 86.7 Å². The van der Waals surface area contributed by atoms with Crippen molar-refractivity contribution in [2.45, 2.75) is 64.2 Å². The van der Waals surface area contributed by atoms with E-state index >= 15 is 0 Å². The standard InChI is InChI=1S/C23H18O6S4.2C5H10.2Mo.H2S/c1-28-18(24)13-17(19(25)29-2)14-31-23(33-21(27)16-11-7-4-8-12-16)22(30)32-20(26)15-9-5-3-6-10-15;2*1-2-4-5-3-1;;;/h3-12,14,30H,1-2H3;2*1-5H2;;;1H2/q-2;;;;;/p-2/b23-22-;;;;;. The number of benzene rings is 2. The first-order valence-electron chi connectivity index (χ1n) is 14.1. The molecule has 0 N–H and O–H groups in total. The smallest absolute Gasteiger partial charge is 0.224 e. The maximum atomic E-state index is 12.7. The molecule has 0 radical (unpaired) electrons. The van der Waals surface area contributed by atoms with E-state index in [2.05, 4.69) is 15.5 Å². The first-order valence-corrected chi connectivity index (χ1v) is 17.0. The van der Waals surface area contributed by atoms with Gasteiger partial charge in [0.2, 0.25) is 16.2 Å². The van der Waals surface area contributed by atoms with Gasteiger partial charge in [-0.25, -0.2) is 17.5 Å². The summed E-state index contributed by atoms with van der Waals surface area (Å²) >= 11 is 7.94. The molecule has 0 aliphatic heterocycles. The van der Waals surface area contributed by atoms with Crippen LogP contribution in [0.5, 0.6) is 0 Å². The third-order valence-electron chi connectivity index (χ3n) is 6.17. The molecule has 0 saturated heterocycles. The summed E-state index contributed by atoms with van der Waals surface area (Å²) in [5.74, 6) is -0.438. The molecule has 46 heavy (non-hydrogen) atoms. The Hall–Kier alpha value is -0.933. The Balaban J connectivity index is 0. The second kappa shape index (κ2) is 29.0. The number of hydrogen-bond acceptors (Lipinski definition) is 11. The molecular formula is C33H38Mo2O6S5-4. The number of rotatable bonds is 9. The molecule has 4 rings (SSSR count). The van der Waals surface area contributed by atoms with Crippen LogP contribution in [0.2, 0.25) is 0 Å². The molecule has 0 unspecified atom stereocenters. The first kappa shape index (κ1) is 47.2. The zero-order valence-electron chi connectivity index (χ0n) is 25.8. The minimum absolute atomic E-state index is 0. The zero-order valence-corrected chi connectivity index (χ0v) is 33.9. The fourth-order valence-electron chi connectivity index (χ4n) is 3.87. The summed E-state index contributed by atoms with van der Waals surface area (Å²) in [5.41, 5.74) is 0.668. The van der Waals surface area contributed by atoms with Crippen LogP contribution in [-0.2, 0) is 87.3 Å². The number of esters is 2. The average molecular weight is 883 g/mol. The van der Waals surface area contributed by atoms with Crippen molar-refractivity contribution in [2.75, 3.05) is 14.2 Å². The molecule has 6 nitrogen and oxygen atoms in total. The minimum Gasteiger partial charge on any atom is -0.813 e. The second-order valence-corrected chi connectivity index (χ2v) is 13.2. The Morgan fingerprint density at radius 3 is 1.43 bits per heavy atom. The van der Waals surface area contributed by atoms with Crippen molar-refractivity contribution in [1.82, 2.24) is 0 Å². The third kappa shape index (κ3) is 19.8. The van der Waals surface area contributed by atoms with Gasteiger partial charge in [-0.1, -0.05) is 137 Å². The van der Waals surface area contributed by atoms with Crippen LogP contribution >= 0.6 is 35.3 Å². The van der Waals surface area contributed by atoms with E-state index in [1.807, 2.05) is 0 Å². The van der Waals surface area contributed by atoms with Crippen molar-refractivity contribution in [1.29, 1.82) is 0 Å². The summed E-state index contributed by atoms with van der Waals surface area (Å²) in [7, 11) is 2.29. The Bertz CT molecular complexity index is 1210. The van der Waals surface area contributed by atoms with Gasteiger partial charge in [-0.05, 0) is 11.8 Å². The Kier molecular flexibility index (Phi) is 29.8. The molecule has 13 heteroatoms.